The number of piperidine rings is 1. The fourth-order valence-corrected chi connectivity index (χ4v) is 4.14. The molecular weight excluding hydrogens is 434 g/mol. The highest BCUT2D eigenvalue weighted by Gasteiger charge is 2.23. The predicted octanol–water partition coefficient (Wildman–Crippen LogP) is 2.83. The van der Waals surface area contributed by atoms with Crippen molar-refractivity contribution in [3.8, 4) is 17.0 Å². The maximum atomic E-state index is 12.2. The van der Waals surface area contributed by atoms with Gasteiger partial charge in [0.2, 0.25) is 0 Å². The number of nitrogens with zero attached hydrogens (tertiary/aromatic N) is 4. The van der Waals surface area contributed by atoms with Crippen molar-refractivity contribution >= 4 is 17.6 Å². The Morgan fingerprint density at radius 2 is 1.82 bits per heavy atom. The molecule has 3 aromatic rings. The molecule has 0 unspecified atom stereocenters. The molecule has 1 aromatic carbocycles. The van der Waals surface area contributed by atoms with E-state index in [4.69, 9.17) is 5.11 Å². The van der Waals surface area contributed by atoms with E-state index in [1.165, 1.54) is 5.69 Å². The normalized spacial score (nSPS) is 14.1. The van der Waals surface area contributed by atoms with Crippen LogP contribution in [0, 0.1) is 12.8 Å². The number of carboxylic acid groups (broad SMARTS) is 1. The van der Waals surface area contributed by atoms with Crippen LogP contribution in [0.15, 0.2) is 48.7 Å². The number of amides is 1. The highest BCUT2D eigenvalue weighted by Crippen LogP contribution is 2.28. The highest BCUT2D eigenvalue weighted by molar-refractivity contribution is 5.96. The minimum atomic E-state index is -1.17. The monoisotopic (exact) mass is 461 g/mol. The molecule has 0 atom stereocenters. The molecule has 1 amide bonds. The van der Waals surface area contributed by atoms with Crippen molar-refractivity contribution in [1.29, 1.82) is 0 Å². The lowest BCUT2D eigenvalue weighted by atomic mass is 9.92. The van der Waals surface area contributed by atoms with Gasteiger partial charge in [0.15, 0.2) is 11.4 Å². The number of benzene rings is 1. The predicted molar refractivity (Wildman–Crippen MR) is 127 cm³/mol. The number of anilines is 1. The van der Waals surface area contributed by atoms with Crippen LogP contribution in [0.1, 0.15) is 34.8 Å². The van der Waals surface area contributed by atoms with E-state index in [9.17, 15) is 14.7 Å². The van der Waals surface area contributed by atoms with Gasteiger partial charge in [-0.05, 0) is 49.9 Å². The molecule has 34 heavy (non-hydrogen) atoms. The quantitative estimate of drug-likeness (QED) is 0.490. The van der Waals surface area contributed by atoms with Crippen LogP contribution in [0.2, 0.25) is 0 Å². The molecule has 2 aromatic heterocycles. The number of pyridine rings is 1. The van der Waals surface area contributed by atoms with Gasteiger partial charge in [-0.2, -0.15) is 0 Å². The van der Waals surface area contributed by atoms with E-state index in [0.29, 0.717) is 23.9 Å². The van der Waals surface area contributed by atoms with Gasteiger partial charge >= 0.3 is 5.97 Å². The minimum Gasteiger partial charge on any atom is -0.504 e. The van der Waals surface area contributed by atoms with E-state index in [1.54, 1.807) is 13.1 Å². The van der Waals surface area contributed by atoms with Crippen molar-refractivity contribution in [2.45, 2.75) is 26.2 Å². The van der Waals surface area contributed by atoms with Gasteiger partial charge in [0.1, 0.15) is 12.4 Å². The van der Waals surface area contributed by atoms with Crippen molar-refractivity contribution < 1.29 is 19.8 Å². The van der Waals surface area contributed by atoms with E-state index in [1.807, 2.05) is 18.2 Å². The third kappa shape index (κ3) is 5.48. The Bertz CT molecular complexity index is 1160. The maximum absolute atomic E-state index is 12.2. The Labute approximate surface area is 197 Å². The van der Waals surface area contributed by atoms with Gasteiger partial charge in [-0.25, -0.2) is 9.97 Å². The van der Waals surface area contributed by atoms with Crippen molar-refractivity contribution in [3.05, 3.63) is 65.9 Å². The summed E-state index contributed by atoms with van der Waals surface area (Å²) in [7, 11) is 0. The van der Waals surface area contributed by atoms with Gasteiger partial charge in [0, 0.05) is 37.0 Å². The highest BCUT2D eigenvalue weighted by atomic mass is 16.4. The number of aliphatic carboxylic acids is 1. The van der Waals surface area contributed by atoms with E-state index in [2.05, 4.69) is 49.4 Å². The summed E-state index contributed by atoms with van der Waals surface area (Å²) in [4.78, 5) is 38.3. The number of aromatic nitrogens is 3. The first kappa shape index (κ1) is 23.2. The summed E-state index contributed by atoms with van der Waals surface area (Å²) in [6, 6.07) is 14.3. The van der Waals surface area contributed by atoms with Gasteiger partial charge in [-0.3, -0.25) is 14.6 Å². The van der Waals surface area contributed by atoms with Crippen LogP contribution < -0.4 is 10.2 Å². The second-order valence-electron chi connectivity index (χ2n) is 8.40. The van der Waals surface area contributed by atoms with Crippen molar-refractivity contribution in [2.75, 3.05) is 24.5 Å². The lowest BCUT2D eigenvalue weighted by Gasteiger charge is -2.33. The molecule has 3 heterocycles. The Morgan fingerprint density at radius 1 is 1.09 bits per heavy atom. The van der Waals surface area contributed by atoms with E-state index in [-0.39, 0.29) is 11.4 Å². The number of hydrogen-bond acceptors (Lipinski definition) is 7. The number of aryl methyl sites for hydroxylation is 1. The topological polar surface area (TPSA) is 129 Å². The van der Waals surface area contributed by atoms with Crippen LogP contribution in [0.3, 0.4) is 0 Å². The fraction of sp³-hybridized carbons (Fsp3) is 0.320. The van der Waals surface area contributed by atoms with Gasteiger partial charge in [0.25, 0.3) is 5.91 Å². The molecule has 176 valence electrons. The Hall–Kier alpha value is -4.01. The molecule has 0 spiro atoms. The second kappa shape index (κ2) is 10.3. The van der Waals surface area contributed by atoms with Gasteiger partial charge < -0.3 is 20.4 Å². The molecule has 1 aliphatic heterocycles. The zero-order valence-corrected chi connectivity index (χ0v) is 18.9. The van der Waals surface area contributed by atoms with Crippen LogP contribution in [0.25, 0.3) is 11.3 Å². The number of nitrogens with one attached hydrogen (secondary N) is 1. The summed E-state index contributed by atoms with van der Waals surface area (Å²) in [5.74, 6) is -1.39. The van der Waals surface area contributed by atoms with E-state index < -0.39 is 18.4 Å². The fourth-order valence-electron chi connectivity index (χ4n) is 4.14. The molecule has 3 N–H and O–H groups in total. The molecular formula is C25H27N5O4. The zero-order valence-electron chi connectivity index (χ0n) is 18.9. The molecule has 0 saturated carbocycles. The zero-order chi connectivity index (χ0) is 24.1. The number of hydrogen-bond donors (Lipinski definition) is 3. The van der Waals surface area contributed by atoms with Crippen LogP contribution in [-0.2, 0) is 11.2 Å². The van der Waals surface area contributed by atoms with Gasteiger partial charge in [-0.1, -0.05) is 18.2 Å². The molecule has 0 radical (unpaired) electrons. The average molecular weight is 462 g/mol. The number of carboxylic acids is 1. The van der Waals surface area contributed by atoms with E-state index >= 15 is 0 Å². The Morgan fingerprint density at radius 3 is 2.47 bits per heavy atom. The third-order valence-electron chi connectivity index (χ3n) is 6.00. The second-order valence-corrected chi connectivity index (χ2v) is 8.40. The van der Waals surface area contributed by atoms with Crippen molar-refractivity contribution in [2.24, 2.45) is 5.92 Å². The van der Waals surface area contributed by atoms with Crippen molar-refractivity contribution in [1.82, 2.24) is 20.3 Å². The number of rotatable bonds is 7. The van der Waals surface area contributed by atoms with Crippen LogP contribution in [-0.4, -0.2) is 56.7 Å². The van der Waals surface area contributed by atoms with Gasteiger partial charge in [-0.15, -0.1) is 0 Å². The largest absolute Gasteiger partial charge is 0.504 e. The maximum Gasteiger partial charge on any atom is 0.322 e. The van der Waals surface area contributed by atoms with Crippen LogP contribution in [0.4, 0.5) is 5.69 Å². The standard InChI is InChI=1S/C25H27N5O4/c1-16-24(33)23(25(34)27-15-22(31)32)29-21(28-16)14-17-9-12-30(13-10-17)19-7-5-18(6-8-19)20-4-2-3-11-26-20/h2-8,11,17,33H,9-10,12-15H2,1H3,(H,27,34)(H,31,32). The average Bonchev–Trinajstić information content (AvgIpc) is 2.86. The molecule has 1 fully saturated rings. The minimum absolute atomic E-state index is 0.186. The lowest BCUT2D eigenvalue weighted by molar-refractivity contribution is -0.135. The first-order valence-electron chi connectivity index (χ1n) is 11.2. The third-order valence-corrected chi connectivity index (χ3v) is 6.00. The molecule has 9 nitrogen and oxygen atoms in total. The molecule has 0 bridgehead atoms. The summed E-state index contributed by atoms with van der Waals surface area (Å²) >= 11 is 0. The molecule has 1 aliphatic rings. The van der Waals surface area contributed by atoms with Crippen LogP contribution >= 0.6 is 0 Å². The first-order valence-corrected chi connectivity index (χ1v) is 11.2. The number of carbonyl (C=O) groups is 2. The summed E-state index contributed by atoms with van der Waals surface area (Å²) in [5.41, 5.74) is 3.33. The smallest absolute Gasteiger partial charge is 0.322 e. The molecule has 1 saturated heterocycles. The number of carbonyl (C=O) groups excluding carboxylic acids is 1. The SMILES string of the molecule is Cc1nc(CC2CCN(c3ccc(-c4ccccn4)cc3)CC2)nc(C(=O)NCC(=O)O)c1O. The molecule has 9 heteroatoms. The Balaban J connectivity index is 1.37. The summed E-state index contributed by atoms with van der Waals surface area (Å²) in [6.45, 7) is 2.86. The summed E-state index contributed by atoms with van der Waals surface area (Å²) in [6.07, 6.45) is 4.28. The lowest BCUT2D eigenvalue weighted by Crippen LogP contribution is -2.34. The molecule has 0 aliphatic carbocycles. The summed E-state index contributed by atoms with van der Waals surface area (Å²) in [5, 5.41) is 21.2. The van der Waals surface area contributed by atoms with Crippen molar-refractivity contribution in [3.63, 3.8) is 0 Å². The number of aromatic hydroxyl groups is 1. The van der Waals surface area contributed by atoms with Crippen LogP contribution in [0.5, 0.6) is 5.75 Å². The molecule has 4 rings (SSSR count). The van der Waals surface area contributed by atoms with Gasteiger partial charge in [0.05, 0.1) is 11.4 Å². The Kier molecular flexibility index (Phi) is 7.01. The van der Waals surface area contributed by atoms with E-state index in [0.717, 1.165) is 37.2 Å². The summed E-state index contributed by atoms with van der Waals surface area (Å²) < 4.78 is 0. The first-order chi connectivity index (χ1) is 16.4.